The number of carbonyl (C=O) groups is 1. The standard InChI is InChI=1S/C8H18Si.C5H9NO2/c1-8-6-4-5-7-9(8,2)3;7-5(8)4-2-1-3-6-4/h8H,4-7H2,1-3H3;4,6H,1-3H2,(H,7,8)/t;4-/m.0/s1. The Labute approximate surface area is 106 Å². The Balaban J connectivity index is 0.000000171. The van der Waals surface area contributed by atoms with E-state index in [-0.39, 0.29) is 6.04 Å². The quantitative estimate of drug-likeness (QED) is 0.710. The van der Waals surface area contributed by atoms with Gasteiger partial charge in [-0.05, 0) is 24.9 Å². The van der Waals surface area contributed by atoms with Gasteiger partial charge in [0.1, 0.15) is 6.04 Å². The van der Waals surface area contributed by atoms with Gasteiger partial charge in [0.2, 0.25) is 0 Å². The fraction of sp³-hybridized carbons (Fsp3) is 0.923. The SMILES string of the molecule is CC1CCCC[Si]1(C)C.O=C(O)[C@@H]1CCCN1. The van der Waals surface area contributed by atoms with E-state index >= 15 is 0 Å². The molecule has 17 heavy (non-hydrogen) atoms. The molecule has 0 radical (unpaired) electrons. The van der Waals surface area contributed by atoms with Gasteiger partial charge < -0.3 is 10.4 Å². The van der Waals surface area contributed by atoms with Crippen molar-refractivity contribution in [2.45, 2.75) is 69.7 Å². The van der Waals surface area contributed by atoms with Gasteiger partial charge in [0.05, 0.1) is 8.07 Å². The van der Waals surface area contributed by atoms with Crippen LogP contribution in [0.5, 0.6) is 0 Å². The lowest BCUT2D eigenvalue weighted by molar-refractivity contribution is -0.139. The fourth-order valence-electron chi connectivity index (χ4n) is 2.56. The Morgan fingerprint density at radius 1 is 1.24 bits per heavy atom. The second kappa shape index (κ2) is 6.54. The average molecular weight is 257 g/mol. The van der Waals surface area contributed by atoms with Crippen molar-refractivity contribution in [3.63, 3.8) is 0 Å². The number of aliphatic carboxylic acids is 1. The van der Waals surface area contributed by atoms with E-state index in [2.05, 4.69) is 25.3 Å². The highest BCUT2D eigenvalue weighted by Crippen LogP contribution is 2.36. The van der Waals surface area contributed by atoms with E-state index in [0.29, 0.717) is 0 Å². The van der Waals surface area contributed by atoms with Crippen molar-refractivity contribution in [3.8, 4) is 0 Å². The molecule has 3 nitrogen and oxygen atoms in total. The van der Waals surface area contributed by atoms with E-state index < -0.39 is 14.0 Å². The first kappa shape index (κ1) is 14.7. The van der Waals surface area contributed by atoms with E-state index in [0.717, 1.165) is 24.9 Å². The van der Waals surface area contributed by atoms with E-state index in [1.54, 1.807) is 6.04 Å². The molecule has 1 unspecified atom stereocenters. The van der Waals surface area contributed by atoms with Crippen LogP contribution in [0.25, 0.3) is 0 Å². The predicted octanol–water partition coefficient (Wildman–Crippen LogP) is 3.09. The monoisotopic (exact) mass is 257 g/mol. The fourth-order valence-corrected chi connectivity index (χ4v) is 5.20. The summed E-state index contributed by atoms with van der Waals surface area (Å²) in [7, 11) is -0.694. The van der Waals surface area contributed by atoms with Gasteiger partial charge in [-0.2, -0.15) is 0 Å². The van der Waals surface area contributed by atoms with Crippen molar-refractivity contribution in [1.82, 2.24) is 5.32 Å². The molecular formula is C13H27NO2Si. The third-order valence-electron chi connectivity index (χ3n) is 4.40. The van der Waals surface area contributed by atoms with Crippen molar-refractivity contribution in [2.75, 3.05) is 6.54 Å². The van der Waals surface area contributed by atoms with Crippen LogP contribution in [0.2, 0.25) is 24.7 Å². The van der Waals surface area contributed by atoms with Gasteiger partial charge in [-0.3, -0.25) is 4.79 Å². The summed E-state index contributed by atoms with van der Waals surface area (Å²) in [4.78, 5) is 10.1. The van der Waals surface area contributed by atoms with Crippen molar-refractivity contribution in [2.24, 2.45) is 0 Å². The van der Waals surface area contributed by atoms with Crippen molar-refractivity contribution in [1.29, 1.82) is 0 Å². The van der Waals surface area contributed by atoms with Crippen LogP contribution >= 0.6 is 0 Å². The molecule has 2 rings (SSSR count). The van der Waals surface area contributed by atoms with Crippen LogP contribution in [0.3, 0.4) is 0 Å². The van der Waals surface area contributed by atoms with E-state index in [9.17, 15) is 4.79 Å². The molecule has 0 amide bonds. The van der Waals surface area contributed by atoms with Crippen LogP contribution in [0.4, 0.5) is 0 Å². The van der Waals surface area contributed by atoms with Crippen LogP contribution < -0.4 is 5.32 Å². The van der Waals surface area contributed by atoms with E-state index in [4.69, 9.17) is 5.11 Å². The minimum atomic E-state index is -0.720. The largest absolute Gasteiger partial charge is 0.480 e. The molecule has 2 aliphatic rings. The Hall–Kier alpha value is -0.353. The maximum absolute atomic E-state index is 10.1. The van der Waals surface area contributed by atoms with Crippen LogP contribution in [0.15, 0.2) is 0 Å². The molecule has 2 saturated heterocycles. The lowest BCUT2D eigenvalue weighted by Crippen LogP contribution is -2.33. The molecule has 0 bridgehead atoms. The molecule has 0 aromatic heterocycles. The summed E-state index contributed by atoms with van der Waals surface area (Å²) in [5, 5.41) is 11.2. The molecule has 2 atom stereocenters. The van der Waals surface area contributed by atoms with Crippen molar-refractivity contribution >= 4 is 14.0 Å². The van der Waals surface area contributed by atoms with Crippen LogP contribution in [0, 0.1) is 0 Å². The molecule has 0 saturated carbocycles. The van der Waals surface area contributed by atoms with Gasteiger partial charge in [0, 0.05) is 0 Å². The lowest BCUT2D eigenvalue weighted by Gasteiger charge is -2.34. The van der Waals surface area contributed by atoms with Gasteiger partial charge in [-0.15, -0.1) is 0 Å². The zero-order valence-corrected chi connectivity index (χ0v) is 12.5. The number of hydrogen-bond acceptors (Lipinski definition) is 2. The van der Waals surface area contributed by atoms with Gasteiger partial charge >= 0.3 is 5.97 Å². The number of carboxylic acid groups (broad SMARTS) is 1. The lowest BCUT2D eigenvalue weighted by atomic mass is 10.2. The number of hydrogen-bond donors (Lipinski definition) is 2. The summed E-state index contributed by atoms with van der Waals surface area (Å²) < 4.78 is 0. The van der Waals surface area contributed by atoms with Crippen molar-refractivity contribution in [3.05, 3.63) is 0 Å². The van der Waals surface area contributed by atoms with Gasteiger partial charge in [-0.25, -0.2) is 0 Å². The summed E-state index contributed by atoms with van der Waals surface area (Å²) in [6, 6.07) is 1.31. The summed E-state index contributed by atoms with van der Waals surface area (Å²) in [5.74, 6) is -0.720. The molecule has 2 aliphatic heterocycles. The molecule has 0 spiro atoms. The average Bonchev–Trinajstić information content (AvgIpc) is 2.76. The first-order valence-electron chi connectivity index (χ1n) is 6.89. The number of carboxylic acids is 1. The molecule has 2 fully saturated rings. The van der Waals surface area contributed by atoms with Crippen LogP contribution in [-0.4, -0.2) is 31.7 Å². The predicted molar refractivity (Wildman–Crippen MR) is 74.2 cm³/mol. The van der Waals surface area contributed by atoms with Gasteiger partial charge in [0.15, 0.2) is 0 Å². The topological polar surface area (TPSA) is 49.3 Å². The number of rotatable bonds is 1. The minimum Gasteiger partial charge on any atom is -0.480 e. The Morgan fingerprint density at radius 3 is 2.24 bits per heavy atom. The minimum absolute atomic E-state index is 0.269. The molecule has 2 N–H and O–H groups in total. The highest BCUT2D eigenvalue weighted by molar-refractivity contribution is 6.78. The maximum Gasteiger partial charge on any atom is 0.320 e. The zero-order valence-electron chi connectivity index (χ0n) is 11.5. The van der Waals surface area contributed by atoms with E-state index in [1.807, 2.05) is 0 Å². The molecule has 0 aliphatic carbocycles. The summed E-state index contributed by atoms with van der Waals surface area (Å²) in [6.07, 6.45) is 6.31. The van der Waals surface area contributed by atoms with Crippen LogP contribution in [-0.2, 0) is 4.79 Å². The molecule has 0 aromatic carbocycles. The summed E-state index contributed by atoms with van der Waals surface area (Å²) in [6.45, 7) is 8.38. The second-order valence-corrected chi connectivity index (χ2v) is 11.6. The maximum atomic E-state index is 10.1. The summed E-state index contributed by atoms with van der Waals surface area (Å²) in [5.41, 5.74) is 1.09. The number of nitrogens with one attached hydrogen (secondary N) is 1. The highest BCUT2D eigenvalue weighted by Gasteiger charge is 2.30. The Bertz CT molecular complexity index is 250. The Morgan fingerprint density at radius 2 is 1.94 bits per heavy atom. The summed E-state index contributed by atoms with van der Waals surface area (Å²) >= 11 is 0. The van der Waals surface area contributed by atoms with Gasteiger partial charge in [-0.1, -0.05) is 45.3 Å². The third kappa shape index (κ3) is 4.80. The first-order chi connectivity index (χ1) is 7.93. The van der Waals surface area contributed by atoms with Gasteiger partial charge in [0.25, 0.3) is 0 Å². The third-order valence-corrected chi connectivity index (χ3v) is 9.00. The van der Waals surface area contributed by atoms with Crippen molar-refractivity contribution < 1.29 is 9.90 Å². The molecule has 100 valence electrons. The zero-order chi connectivity index (χ0) is 12.9. The Kier molecular flexibility index (Phi) is 5.66. The first-order valence-corrected chi connectivity index (χ1v) is 10.2. The molecule has 4 heteroatoms. The van der Waals surface area contributed by atoms with E-state index in [1.165, 1.54) is 19.3 Å². The molecular weight excluding hydrogens is 230 g/mol. The smallest absolute Gasteiger partial charge is 0.320 e. The van der Waals surface area contributed by atoms with Crippen LogP contribution in [0.1, 0.15) is 39.0 Å². The molecule has 2 heterocycles. The normalized spacial score (nSPS) is 31.5. The second-order valence-electron chi connectivity index (χ2n) is 6.12. The highest BCUT2D eigenvalue weighted by atomic mass is 28.3. The molecule has 0 aromatic rings.